The van der Waals surface area contributed by atoms with Gasteiger partial charge in [0.25, 0.3) is 11.6 Å². The fourth-order valence-corrected chi connectivity index (χ4v) is 3.71. The number of ether oxygens (including phenoxy) is 2. The first-order valence-electron chi connectivity index (χ1n) is 9.94. The average Bonchev–Trinajstić information content (AvgIpc) is 2.78. The number of hydrogen-bond donors (Lipinski definition) is 0. The van der Waals surface area contributed by atoms with Crippen molar-refractivity contribution in [2.45, 2.75) is 25.8 Å². The maximum absolute atomic E-state index is 13.0. The molecule has 1 heterocycles. The lowest BCUT2D eigenvalue weighted by molar-refractivity contribution is -0.385. The summed E-state index contributed by atoms with van der Waals surface area (Å²) in [4.78, 5) is 27.7. The molecule has 0 bridgehead atoms. The van der Waals surface area contributed by atoms with Crippen molar-refractivity contribution in [2.24, 2.45) is 0 Å². The number of nitro benzene ring substituents is 1. The molecule has 1 aliphatic rings. The van der Waals surface area contributed by atoms with Crippen LogP contribution in [0.25, 0.3) is 0 Å². The van der Waals surface area contributed by atoms with Gasteiger partial charge >= 0.3 is 0 Å². The Balaban J connectivity index is 1.77. The molecule has 1 saturated heterocycles. The highest BCUT2D eigenvalue weighted by Gasteiger charge is 2.26. The molecule has 1 aliphatic heterocycles. The molecule has 0 atom stereocenters. The van der Waals surface area contributed by atoms with Gasteiger partial charge in [0.05, 0.1) is 25.2 Å². The Kier molecular flexibility index (Phi) is 6.76. The van der Waals surface area contributed by atoms with Crippen molar-refractivity contribution in [1.29, 1.82) is 0 Å². The van der Waals surface area contributed by atoms with Gasteiger partial charge < -0.3 is 19.3 Å². The monoisotopic (exact) mass is 413 g/mol. The van der Waals surface area contributed by atoms with Gasteiger partial charge in [-0.25, -0.2) is 0 Å². The Morgan fingerprint density at radius 3 is 2.23 bits per heavy atom. The van der Waals surface area contributed by atoms with Crippen LogP contribution < -0.4 is 14.4 Å². The highest BCUT2D eigenvalue weighted by Crippen LogP contribution is 2.35. The molecular weight excluding hydrogens is 386 g/mol. The zero-order valence-corrected chi connectivity index (χ0v) is 17.6. The van der Waals surface area contributed by atoms with Gasteiger partial charge in [-0.1, -0.05) is 12.1 Å². The Morgan fingerprint density at radius 1 is 1.07 bits per heavy atom. The molecule has 30 heavy (non-hydrogen) atoms. The van der Waals surface area contributed by atoms with Gasteiger partial charge in [-0.3, -0.25) is 14.9 Å². The second-order valence-electron chi connectivity index (χ2n) is 7.36. The molecule has 1 fully saturated rings. The predicted octanol–water partition coefficient (Wildman–Crippen LogP) is 3.87. The summed E-state index contributed by atoms with van der Waals surface area (Å²) in [6, 6.07) is 10.7. The molecule has 0 radical (unpaired) electrons. The predicted molar refractivity (Wildman–Crippen MR) is 115 cm³/mol. The molecule has 0 saturated carbocycles. The van der Waals surface area contributed by atoms with Gasteiger partial charge in [0.15, 0.2) is 11.5 Å². The lowest BCUT2D eigenvalue weighted by Gasteiger charge is -2.29. The Hall–Kier alpha value is -3.29. The average molecular weight is 413 g/mol. The number of anilines is 1. The van der Waals surface area contributed by atoms with E-state index in [4.69, 9.17) is 9.47 Å². The number of amides is 1. The van der Waals surface area contributed by atoms with Crippen LogP contribution >= 0.6 is 0 Å². The lowest BCUT2D eigenvalue weighted by atomic mass is 10.1. The number of piperidine rings is 1. The smallest absolute Gasteiger partial charge is 0.286 e. The van der Waals surface area contributed by atoms with E-state index in [1.165, 1.54) is 56.2 Å². The van der Waals surface area contributed by atoms with Gasteiger partial charge in [-0.05, 0) is 37.0 Å². The van der Waals surface area contributed by atoms with Crippen LogP contribution in [0.15, 0.2) is 36.4 Å². The van der Waals surface area contributed by atoms with E-state index >= 15 is 0 Å². The van der Waals surface area contributed by atoms with Crippen molar-refractivity contribution in [2.75, 3.05) is 39.3 Å². The fraction of sp³-hybridized carbons (Fsp3) is 0.409. The van der Waals surface area contributed by atoms with E-state index in [1.807, 2.05) is 12.1 Å². The van der Waals surface area contributed by atoms with Crippen molar-refractivity contribution in [3.8, 4) is 11.5 Å². The summed E-state index contributed by atoms with van der Waals surface area (Å²) in [6.45, 7) is 2.48. The molecule has 160 valence electrons. The number of methoxy groups -OCH3 is 2. The summed E-state index contributed by atoms with van der Waals surface area (Å²) in [6.07, 6.45) is 3.70. The SMILES string of the molecule is COc1cc(C(=O)N(C)Cc2ccc(N3CCCCC3)cc2)c([N+](=O)[O-])cc1OC. The van der Waals surface area contributed by atoms with Crippen LogP contribution in [0.4, 0.5) is 11.4 Å². The molecule has 0 aromatic heterocycles. The first-order valence-corrected chi connectivity index (χ1v) is 9.94. The summed E-state index contributed by atoms with van der Waals surface area (Å²) in [7, 11) is 4.44. The third-order valence-corrected chi connectivity index (χ3v) is 5.35. The van der Waals surface area contributed by atoms with E-state index in [-0.39, 0.29) is 22.7 Å². The Morgan fingerprint density at radius 2 is 1.67 bits per heavy atom. The Bertz CT molecular complexity index is 908. The van der Waals surface area contributed by atoms with Crippen molar-refractivity contribution in [1.82, 2.24) is 4.90 Å². The van der Waals surface area contributed by atoms with Gasteiger partial charge in [0.2, 0.25) is 0 Å². The van der Waals surface area contributed by atoms with E-state index in [2.05, 4.69) is 17.0 Å². The van der Waals surface area contributed by atoms with Crippen molar-refractivity contribution in [3.05, 3.63) is 57.6 Å². The van der Waals surface area contributed by atoms with Crippen LogP contribution in [0.3, 0.4) is 0 Å². The minimum Gasteiger partial charge on any atom is -0.493 e. The maximum Gasteiger partial charge on any atom is 0.286 e. The highest BCUT2D eigenvalue weighted by molar-refractivity contribution is 5.99. The van der Waals surface area contributed by atoms with Crippen LogP contribution in [0, 0.1) is 10.1 Å². The minimum atomic E-state index is -0.587. The number of benzene rings is 2. The van der Waals surface area contributed by atoms with Crippen LogP contribution in [0.5, 0.6) is 11.5 Å². The number of nitro groups is 1. The molecule has 2 aromatic carbocycles. The van der Waals surface area contributed by atoms with E-state index in [1.54, 1.807) is 7.05 Å². The van der Waals surface area contributed by atoms with Crippen molar-refractivity contribution in [3.63, 3.8) is 0 Å². The van der Waals surface area contributed by atoms with Gasteiger partial charge in [0, 0.05) is 38.4 Å². The number of hydrogen-bond acceptors (Lipinski definition) is 6. The largest absolute Gasteiger partial charge is 0.493 e. The lowest BCUT2D eigenvalue weighted by Crippen LogP contribution is -2.29. The van der Waals surface area contributed by atoms with Gasteiger partial charge in [-0.2, -0.15) is 0 Å². The second-order valence-corrected chi connectivity index (χ2v) is 7.36. The molecule has 0 spiro atoms. The standard InChI is InChI=1S/C22H27N3O5/c1-23(15-16-7-9-17(10-8-16)24-11-5-4-6-12-24)22(26)18-13-20(29-2)21(30-3)14-19(18)25(27)28/h7-10,13-14H,4-6,11-12,15H2,1-3H3. The molecule has 2 aromatic rings. The molecule has 0 aliphatic carbocycles. The molecule has 0 unspecified atom stereocenters. The zero-order chi connectivity index (χ0) is 21.7. The van der Waals surface area contributed by atoms with E-state index in [0.29, 0.717) is 6.54 Å². The summed E-state index contributed by atoms with van der Waals surface area (Å²) in [5.41, 5.74) is 1.78. The summed E-state index contributed by atoms with van der Waals surface area (Å²) < 4.78 is 10.3. The van der Waals surface area contributed by atoms with Crippen LogP contribution in [0.1, 0.15) is 35.2 Å². The fourth-order valence-electron chi connectivity index (χ4n) is 3.71. The highest BCUT2D eigenvalue weighted by atomic mass is 16.6. The first kappa shape index (κ1) is 21.4. The quantitative estimate of drug-likeness (QED) is 0.506. The van der Waals surface area contributed by atoms with E-state index in [0.717, 1.165) is 18.7 Å². The van der Waals surface area contributed by atoms with Gasteiger partial charge in [0.1, 0.15) is 5.56 Å². The molecule has 8 heteroatoms. The van der Waals surface area contributed by atoms with Crippen molar-refractivity contribution >= 4 is 17.3 Å². The molecule has 8 nitrogen and oxygen atoms in total. The van der Waals surface area contributed by atoms with Gasteiger partial charge in [-0.15, -0.1) is 0 Å². The van der Waals surface area contributed by atoms with Crippen LogP contribution in [0.2, 0.25) is 0 Å². The first-order chi connectivity index (χ1) is 14.4. The second kappa shape index (κ2) is 9.47. The molecule has 1 amide bonds. The topological polar surface area (TPSA) is 85.2 Å². The van der Waals surface area contributed by atoms with Crippen LogP contribution in [-0.4, -0.2) is 50.1 Å². The normalized spacial score (nSPS) is 13.6. The number of rotatable bonds is 7. The number of carbonyl (C=O) groups is 1. The number of nitrogens with zero attached hydrogens (tertiary/aromatic N) is 3. The summed E-state index contributed by atoms with van der Waals surface area (Å²) >= 11 is 0. The number of carbonyl (C=O) groups excluding carboxylic acids is 1. The van der Waals surface area contributed by atoms with Crippen molar-refractivity contribution < 1.29 is 19.2 Å². The Labute approximate surface area is 176 Å². The summed E-state index contributed by atoms with van der Waals surface area (Å²) in [5, 5.41) is 11.5. The molecule has 0 N–H and O–H groups in total. The van der Waals surface area contributed by atoms with E-state index in [9.17, 15) is 14.9 Å². The van der Waals surface area contributed by atoms with Crippen LogP contribution in [-0.2, 0) is 6.54 Å². The maximum atomic E-state index is 13.0. The third kappa shape index (κ3) is 4.64. The summed E-state index contributed by atoms with van der Waals surface area (Å²) in [5.74, 6) is 0.0187. The molecular formula is C22H27N3O5. The minimum absolute atomic E-state index is 0.0370. The zero-order valence-electron chi connectivity index (χ0n) is 17.6. The molecule has 3 rings (SSSR count). The van der Waals surface area contributed by atoms with E-state index < -0.39 is 10.8 Å². The third-order valence-electron chi connectivity index (χ3n) is 5.35.